The number of imidazole rings is 1. The molecule has 0 saturated carbocycles. The number of hydrogen-bond acceptors (Lipinski definition) is 6. The summed E-state index contributed by atoms with van der Waals surface area (Å²) in [6.07, 6.45) is 7.06. The van der Waals surface area contributed by atoms with E-state index in [1.807, 2.05) is 10.8 Å². The minimum Gasteiger partial charge on any atom is -0.459 e. The van der Waals surface area contributed by atoms with Gasteiger partial charge in [-0.2, -0.15) is 4.98 Å². The van der Waals surface area contributed by atoms with Gasteiger partial charge in [0.2, 0.25) is 0 Å². The van der Waals surface area contributed by atoms with E-state index in [4.69, 9.17) is 8.94 Å². The second kappa shape index (κ2) is 5.70. The van der Waals surface area contributed by atoms with Gasteiger partial charge < -0.3 is 18.8 Å². The van der Waals surface area contributed by atoms with Gasteiger partial charge in [0, 0.05) is 25.0 Å². The molecule has 3 aromatic heterocycles. The van der Waals surface area contributed by atoms with Gasteiger partial charge in [0.1, 0.15) is 0 Å². The summed E-state index contributed by atoms with van der Waals surface area (Å²) >= 11 is 0. The summed E-state index contributed by atoms with van der Waals surface area (Å²) in [5.74, 6) is 1.58. The van der Waals surface area contributed by atoms with Crippen LogP contribution in [0.25, 0.3) is 11.7 Å². The van der Waals surface area contributed by atoms with E-state index in [0.29, 0.717) is 24.0 Å². The zero-order chi connectivity index (χ0) is 13.8. The molecule has 0 aliphatic carbocycles. The average Bonchev–Trinajstić information content (AvgIpc) is 3.18. The Morgan fingerprint density at radius 1 is 1.45 bits per heavy atom. The number of nitrogens with one attached hydrogen (secondary N) is 1. The van der Waals surface area contributed by atoms with Crippen molar-refractivity contribution in [2.75, 3.05) is 0 Å². The van der Waals surface area contributed by atoms with Crippen LogP contribution in [0.1, 0.15) is 12.7 Å². The lowest BCUT2D eigenvalue weighted by Gasteiger charge is -2.12. The molecule has 0 bridgehead atoms. The fraction of sp³-hybridized carbons (Fsp3) is 0.308. The molecule has 1 unspecified atom stereocenters. The largest absolute Gasteiger partial charge is 0.459 e. The van der Waals surface area contributed by atoms with E-state index < -0.39 is 0 Å². The molecule has 0 saturated heterocycles. The van der Waals surface area contributed by atoms with Gasteiger partial charge >= 0.3 is 0 Å². The first-order valence-electron chi connectivity index (χ1n) is 6.37. The van der Waals surface area contributed by atoms with Crippen molar-refractivity contribution in [3.63, 3.8) is 0 Å². The summed E-state index contributed by atoms with van der Waals surface area (Å²) in [4.78, 5) is 8.28. The monoisotopic (exact) mass is 273 g/mol. The van der Waals surface area contributed by atoms with Crippen LogP contribution in [0, 0.1) is 0 Å². The second-order valence-corrected chi connectivity index (χ2v) is 4.53. The average molecular weight is 273 g/mol. The summed E-state index contributed by atoms with van der Waals surface area (Å²) in [6.45, 7) is 3.47. The van der Waals surface area contributed by atoms with Gasteiger partial charge in [-0.3, -0.25) is 0 Å². The molecule has 104 valence electrons. The van der Waals surface area contributed by atoms with Gasteiger partial charge in [-0.25, -0.2) is 4.98 Å². The number of aromatic nitrogens is 4. The van der Waals surface area contributed by atoms with Crippen LogP contribution >= 0.6 is 0 Å². The van der Waals surface area contributed by atoms with Gasteiger partial charge in [-0.1, -0.05) is 5.16 Å². The van der Waals surface area contributed by atoms with Crippen molar-refractivity contribution in [2.45, 2.75) is 26.1 Å². The molecule has 0 aliphatic rings. The third-order valence-electron chi connectivity index (χ3n) is 2.85. The van der Waals surface area contributed by atoms with Gasteiger partial charge in [-0.15, -0.1) is 0 Å². The lowest BCUT2D eigenvalue weighted by atomic mass is 10.3. The molecule has 0 aromatic carbocycles. The summed E-state index contributed by atoms with van der Waals surface area (Å²) < 4.78 is 12.4. The van der Waals surface area contributed by atoms with E-state index in [9.17, 15) is 0 Å². The first-order valence-corrected chi connectivity index (χ1v) is 6.37. The molecule has 20 heavy (non-hydrogen) atoms. The highest BCUT2D eigenvalue weighted by atomic mass is 16.5. The molecule has 0 spiro atoms. The number of furan rings is 1. The molecule has 0 amide bonds. The number of rotatable bonds is 6. The molecular formula is C13H15N5O2. The molecular weight excluding hydrogens is 258 g/mol. The first-order chi connectivity index (χ1) is 9.81. The Hall–Kier alpha value is -2.41. The minimum atomic E-state index is 0.273. The molecule has 1 N–H and O–H groups in total. The van der Waals surface area contributed by atoms with Crippen molar-refractivity contribution in [3.8, 4) is 11.7 Å². The Morgan fingerprint density at radius 2 is 2.40 bits per heavy atom. The Balaban J connectivity index is 1.53. The van der Waals surface area contributed by atoms with Crippen LogP contribution in [-0.2, 0) is 13.1 Å². The maximum atomic E-state index is 5.20. The van der Waals surface area contributed by atoms with E-state index >= 15 is 0 Å². The van der Waals surface area contributed by atoms with Crippen LogP contribution in [0.3, 0.4) is 0 Å². The van der Waals surface area contributed by atoms with E-state index in [1.165, 1.54) is 0 Å². The van der Waals surface area contributed by atoms with Crippen LogP contribution in [0.2, 0.25) is 0 Å². The van der Waals surface area contributed by atoms with Crippen molar-refractivity contribution in [1.29, 1.82) is 0 Å². The Kier molecular flexibility index (Phi) is 3.60. The van der Waals surface area contributed by atoms with Crippen molar-refractivity contribution < 1.29 is 8.94 Å². The van der Waals surface area contributed by atoms with Gasteiger partial charge in [0.05, 0.1) is 19.1 Å². The van der Waals surface area contributed by atoms with E-state index in [1.54, 1.807) is 30.9 Å². The summed E-state index contributed by atoms with van der Waals surface area (Å²) in [7, 11) is 0. The van der Waals surface area contributed by atoms with Gasteiger partial charge in [0.15, 0.2) is 11.6 Å². The Labute approximate surface area is 115 Å². The summed E-state index contributed by atoms with van der Waals surface area (Å²) in [5.41, 5.74) is 0. The van der Waals surface area contributed by atoms with Crippen molar-refractivity contribution in [3.05, 3.63) is 42.9 Å². The molecule has 3 aromatic rings. The summed E-state index contributed by atoms with van der Waals surface area (Å²) in [6, 6.07) is 3.84. The maximum absolute atomic E-state index is 5.20. The summed E-state index contributed by atoms with van der Waals surface area (Å²) in [5, 5.41) is 7.24. The van der Waals surface area contributed by atoms with Crippen LogP contribution < -0.4 is 5.32 Å². The fourth-order valence-corrected chi connectivity index (χ4v) is 1.87. The third-order valence-corrected chi connectivity index (χ3v) is 2.85. The van der Waals surface area contributed by atoms with Crippen LogP contribution in [0.15, 0.2) is 46.1 Å². The quantitative estimate of drug-likeness (QED) is 0.736. The van der Waals surface area contributed by atoms with Crippen LogP contribution in [-0.4, -0.2) is 25.7 Å². The van der Waals surface area contributed by atoms with Gasteiger partial charge in [0.25, 0.3) is 5.89 Å². The molecule has 3 heterocycles. The Morgan fingerprint density at radius 3 is 3.15 bits per heavy atom. The maximum Gasteiger partial charge on any atom is 0.293 e. The minimum absolute atomic E-state index is 0.273. The lowest BCUT2D eigenvalue weighted by molar-refractivity contribution is 0.401. The molecule has 3 rings (SSSR count). The molecule has 7 nitrogen and oxygen atoms in total. The predicted molar refractivity (Wildman–Crippen MR) is 70.5 cm³/mol. The topological polar surface area (TPSA) is 81.9 Å². The molecule has 1 atom stereocenters. The standard InChI is InChI=1S/C13H15N5O2/c1-10(8-18-5-4-14-9-18)15-7-12-16-13(20-17-12)11-3-2-6-19-11/h2-6,9-10,15H,7-8H2,1H3. The van der Waals surface area contributed by atoms with Crippen LogP contribution in [0.5, 0.6) is 0 Å². The number of nitrogens with zero attached hydrogens (tertiary/aromatic N) is 4. The Bertz CT molecular complexity index is 630. The van der Waals surface area contributed by atoms with E-state index in [2.05, 4.69) is 27.4 Å². The smallest absolute Gasteiger partial charge is 0.293 e. The molecule has 7 heteroatoms. The predicted octanol–water partition coefficient (Wildman–Crippen LogP) is 1.70. The lowest BCUT2D eigenvalue weighted by Crippen LogP contribution is -2.29. The molecule has 0 aliphatic heterocycles. The highest BCUT2D eigenvalue weighted by Gasteiger charge is 2.11. The normalized spacial score (nSPS) is 12.7. The third kappa shape index (κ3) is 2.94. The highest BCUT2D eigenvalue weighted by molar-refractivity contribution is 5.42. The first kappa shape index (κ1) is 12.6. The van der Waals surface area contributed by atoms with Crippen molar-refractivity contribution in [2.24, 2.45) is 0 Å². The van der Waals surface area contributed by atoms with E-state index in [-0.39, 0.29) is 6.04 Å². The van der Waals surface area contributed by atoms with Gasteiger partial charge in [-0.05, 0) is 19.1 Å². The van der Waals surface area contributed by atoms with Crippen LogP contribution in [0.4, 0.5) is 0 Å². The fourth-order valence-electron chi connectivity index (χ4n) is 1.87. The molecule has 0 fully saturated rings. The zero-order valence-corrected chi connectivity index (χ0v) is 11.1. The van der Waals surface area contributed by atoms with E-state index in [0.717, 1.165) is 6.54 Å². The highest BCUT2D eigenvalue weighted by Crippen LogP contribution is 2.16. The van der Waals surface area contributed by atoms with Crippen molar-refractivity contribution in [1.82, 2.24) is 25.0 Å². The molecule has 0 radical (unpaired) electrons. The zero-order valence-electron chi connectivity index (χ0n) is 11.1. The SMILES string of the molecule is CC(Cn1ccnc1)NCc1noc(-c2ccco2)n1. The number of hydrogen-bond donors (Lipinski definition) is 1. The second-order valence-electron chi connectivity index (χ2n) is 4.53. The van der Waals surface area contributed by atoms with Crippen molar-refractivity contribution >= 4 is 0 Å².